The van der Waals surface area contributed by atoms with Gasteiger partial charge in [0.25, 0.3) is 0 Å². The summed E-state index contributed by atoms with van der Waals surface area (Å²) in [5, 5.41) is 0. The van der Waals surface area contributed by atoms with Gasteiger partial charge in [-0.2, -0.15) is 0 Å². The van der Waals surface area contributed by atoms with Crippen LogP contribution < -0.4 is 0 Å². The van der Waals surface area contributed by atoms with Gasteiger partial charge in [0.1, 0.15) is 5.82 Å². The van der Waals surface area contributed by atoms with Gasteiger partial charge in [-0.1, -0.05) is 15.9 Å². The highest BCUT2D eigenvalue weighted by Gasteiger charge is 2.27. The topological polar surface area (TPSA) is 29.5 Å². The largest absolute Gasteiger partial charge is 0.466 e. The Morgan fingerprint density at radius 3 is 3.10 bits per heavy atom. The normalized spacial score (nSPS) is 19.9. The molecule has 1 aromatic rings. The third-order valence-electron chi connectivity index (χ3n) is 3.53. The van der Waals surface area contributed by atoms with Crippen molar-refractivity contribution < 1.29 is 13.9 Å². The van der Waals surface area contributed by atoms with Crippen molar-refractivity contribution in [3.8, 4) is 0 Å². The predicted molar refractivity (Wildman–Crippen MR) is 78.7 cm³/mol. The number of ether oxygens (including phenoxy) is 1. The third kappa shape index (κ3) is 4.03. The quantitative estimate of drug-likeness (QED) is 0.785. The van der Waals surface area contributed by atoms with Crippen molar-refractivity contribution in [2.75, 3.05) is 19.7 Å². The fourth-order valence-corrected chi connectivity index (χ4v) is 2.93. The Morgan fingerprint density at radius 2 is 2.35 bits per heavy atom. The van der Waals surface area contributed by atoms with Crippen molar-refractivity contribution >= 4 is 21.9 Å². The average molecular weight is 344 g/mol. The van der Waals surface area contributed by atoms with Gasteiger partial charge in [0.05, 0.1) is 12.5 Å². The van der Waals surface area contributed by atoms with E-state index in [1.165, 1.54) is 12.1 Å². The number of esters is 1. The summed E-state index contributed by atoms with van der Waals surface area (Å²) in [6.45, 7) is 4.50. The van der Waals surface area contributed by atoms with Crippen molar-refractivity contribution in [1.82, 2.24) is 4.90 Å². The van der Waals surface area contributed by atoms with E-state index in [4.69, 9.17) is 4.74 Å². The minimum atomic E-state index is -0.234. The molecule has 0 unspecified atom stereocenters. The number of hydrogen-bond donors (Lipinski definition) is 0. The molecule has 3 nitrogen and oxygen atoms in total. The Bertz CT molecular complexity index is 481. The van der Waals surface area contributed by atoms with Gasteiger partial charge < -0.3 is 4.74 Å². The van der Waals surface area contributed by atoms with Crippen molar-refractivity contribution in [2.45, 2.75) is 26.3 Å². The van der Waals surface area contributed by atoms with Crippen LogP contribution in [0.15, 0.2) is 22.7 Å². The van der Waals surface area contributed by atoms with Crippen LogP contribution in [0.25, 0.3) is 0 Å². The van der Waals surface area contributed by atoms with Crippen LogP contribution >= 0.6 is 15.9 Å². The smallest absolute Gasteiger partial charge is 0.310 e. The molecule has 1 heterocycles. The molecule has 2 rings (SSSR count). The maximum atomic E-state index is 13.3. The van der Waals surface area contributed by atoms with Crippen LogP contribution in [-0.2, 0) is 16.1 Å². The number of benzene rings is 1. The molecule has 1 saturated heterocycles. The van der Waals surface area contributed by atoms with E-state index < -0.39 is 0 Å². The number of likely N-dealkylation sites (tertiary alicyclic amines) is 1. The minimum absolute atomic E-state index is 0.0592. The maximum absolute atomic E-state index is 13.3. The lowest BCUT2D eigenvalue weighted by molar-refractivity contribution is -0.150. The molecule has 0 bridgehead atoms. The minimum Gasteiger partial charge on any atom is -0.466 e. The molecule has 0 amide bonds. The Labute approximate surface area is 127 Å². The van der Waals surface area contributed by atoms with E-state index in [1.54, 1.807) is 6.07 Å². The molecule has 110 valence electrons. The number of rotatable bonds is 4. The van der Waals surface area contributed by atoms with E-state index >= 15 is 0 Å². The summed E-state index contributed by atoms with van der Waals surface area (Å²) < 4.78 is 19.3. The van der Waals surface area contributed by atoms with E-state index in [-0.39, 0.29) is 17.7 Å². The number of hydrogen-bond acceptors (Lipinski definition) is 3. The Balaban J connectivity index is 1.99. The number of nitrogens with zero attached hydrogens (tertiary/aromatic N) is 1. The van der Waals surface area contributed by atoms with Crippen molar-refractivity contribution in [3.05, 3.63) is 34.1 Å². The van der Waals surface area contributed by atoms with E-state index in [9.17, 15) is 9.18 Å². The number of halogens is 2. The first-order chi connectivity index (χ1) is 9.60. The summed E-state index contributed by atoms with van der Waals surface area (Å²) in [6, 6.07) is 4.70. The fourth-order valence-electron chi connectivity index (χ4n) is 2.56. The Hall–Kier alpha value is -0.940. The first-order valence-electron chi connectivity index (χ1n) is 6.93. The van der Waals surface area contributed by atoms with Crippen molar-refractivity contribution in [2.24, 2.45) is 5.92 Å². The molecular formula is C15H19BrFNO2. The van der Waals surface area contributed by atoms with Crippen LogP contribution in [0, 0.1) is 11.7 Å². The zero-order chi connectivity index (χ0) is 14.5. The molecule has 1 aliphatic rings. The van der Waals surface area contributed by atoms with Crippen LogP contribution in [-0.4, -0.2) is 30.6 Å². The molecule has 0 aliphatic carbocycles. The molecule has 1 aliphatic heterocycles. The Kier molecular flexibility index (Phi) is 5.54. The second-order valence-electron chi connectivity index (χ2n) is 5.06. The number of carbonyl (C=O) groups is 1. The summed E-state index contributed by atoms with van der Waals surface area (Å²) in [6.07, 6.45) is 1.84. The number of piperidine rings is 1. The first-order valence-corrected chi connectivity index (χ1v) is 7.72. The molecule has 0 radical (unpaired) electrons. The van der Waals surface area contributed by atoms with E-state index in [0.29, 0.717) is 19.7 Å². The van der Waals surface area contributed by atoms with E-state index in [1.807, 2.05) is 6.92 Å². The molecule has 1 aromatic carbocycles. The molecule has 20 heavy (non-hydrogen) atoms. The lowest BCUT2D eigenvalue weighted by atomic mass is 9.97. The van der Waals surface area contributed by atoms with Gasteiger partial charge in [-0.3, -0.25) is 9.69 Å². The van der Waals surface area contributed by atoms with Gasteiger partial charge in [0.2, 0.25) is 0 Å². The highest BCUT2D eigenvalue weighted by Crippen LogP contribution is 2.23. The molecule has 1 fully saturated rings. The van der Waals surface area contributed by atoms with Gasteiger partial charge in [-0.25, -0.2) is 4.39 Å². The summed E-state index contributed by atoms with van der Waals surface area (Å²) in [4.78, 5) is 14.0. The van der Waals surface area contributed by atoms with Crippen LogP contribution in [0.3, 0.4) is 0 Å². The highest BCUT2D eigenvalue weighted by molar-refractivity contribution is 9.10. The fraction of sp³-hybridized carbons (Fsp3) is 0.533. The highest BCUT2D eigenvalue weighted by atomic mass is 79.9. The summed E-state index contributed by atoms with van der Waals surface area (Å²) in [5.41, 5.74) is 0.912. The van der Waals surface area contributed by atoms with Crippen LogP contribution in [0.1, 0.15) is 25.3 Å². The SMILES string of the molecule is CCOC(=O)[C@@H]1CCCN(Cc2cc(F)ccc2Br)C1. The van der Waals surface area contributed by atoms with Crippen LogP contribution in [0.2, 0.25) is 0 Å². The van der Waals surface area contributed by atoms with Gasteiger partial charge in [0, 0.05) is 17.6 Å². The second-order valence-corrected chi connectivity index (χ2v) is 5.92. The summed E-state index contributed by atoms with van der Waals surface area (Å²) in [7, 11) is 0. The van der Waals surface area contributed by atoms with Crippen molar-refractivity contribution in [1.29, 1.82) is 0 Å². The molecule has 0 aromatic heterocycles. The standard InChI is InChI=1S/C15H19BrFNO2/c1-2-20-15(19)11-4-3-7-18(9-11)10-12-8-13(17)5-6-14(12)16/h5-6,8,11H,2-4,7,9-10H2,1H3/t11-/m1/s1. The van der Waals surface area contributed by atoms with Gasteiger partial charge in [-0.05, 0) is 50.1 Å². The molecule has 1 atom stereocenters. The lowest BCUT2D eigenvalue weighted by Gasteiger charge is -2.31. The zero-order valence-corrected chi connectivity index (χ0v) is 13.2. The molecule has 0 N–H and O–H groups in total. The lowest BCUT2D eigenvalue weighted by Crippen LogP contribution is -2.39. The van der Waals surface area contributed by atoms with Gasteiger partial charge in [-0.15, -0.1) is 0 Å². The van der Waals surface area contributed by atoms with Gasteiger partial charge in [0.15, 0.2) is 0 Å². The third-order valence-corrected chi connectivity index (χ3v) is 4.30. The average Bonchev–Trinajstić information content (AvgIpc) is 2.43. The maximum Gasteiger partial charge on any atom is 0.310 e. The monoisotopic (exact) mass is 343 g/mol. The molecule has 5 heteroatoms. The molecular weight excluding hydrogens is 325 g/mol. The van der Waals surface area contributed by atoms with Crippen molar-refractivity contribution in [3.63, 3.8) is 0 Å². The second kappa shape index (κ2) is 7.18. The van der Waals surface area contributed by atoms with Crippen LogP contribution in [0.4, 0.5) is 4.39 Å². The summed E-state index contributed by atoms with van der Waals surface area (Å²) >= 11 is 3.44. The first kappa shape index (κ1) is 15.4. The molecule has 0 spiro atoms. The summed E-state index contributed by atoms with van der Waals surface area (Å²) in [5.74, 6) is -0.409. The Morgan fingerprint density at radius 1 is 1.55 bits per heavy atom. The zero-order valence-electron chi connectivity index (χ0n) is 11.6. The van der Waals surface area contributed by atoms with E-state index in [2.05, 4.69) is 20.8 Å². The van der Waals surface area contributed by atoms with Gasteiger partial charge >= 0.3 is 5.97 Å². The molecule has 0 saturated carbocycles. The number of carbonyl (C=O) groups excluding carboxylic acids is 1. The van der Waals surface area contributed by atoms with Crippen LogP contribution in [0.5, 0.6) is 0 Å². The predicted octanol–water partition coefficient (Wildman–Crippen LogP) is 3.36. The van der Waals surface area contributed by atoms with E-state index in [0.717, 1.165) is 29.4 Å².